The van der Waals surface area contributed by atoms with Gasteiger partial charge in [0.25, 0.3) is 5.56 Å². The zero-order valence-corrected chi connectivity index (χ0v) is 15.8. The van der Waals surface area contributed by atoms with Gasteiger partial charge in [-0.3, -0.25) is 4.79 Å². The lowest BCUT2D eigenvalue weighted by molar-refractivity contribution is 0.0528. The van der Waals surface area contributed by atoms with Crippen LogP contribution in [0, 0.1) is 0 Å². The predicted octanol–water partition coefficient (Wildman–Crippen LogP) is 2.51. The third-order valence-electron chi connectivity index (χ3n) is 3.13. The second kappa shape index (κ2) is 7.40. The number of nitrogens with zero attached hydrogens (tertiary/aromatic N) is 1. The van der Waals surface area contributed by atoms with Crippen LogP contribution in [0.4, 0.5) is 4.79 Å². The van der Waals surface area contributed by atoms with Gasteiger partial charge >= 0.3 is 6.09 Å². The molecule has 8 heteroatoms. The third kappa shape index (κ3) is 4.85. The molecule has 0 aromatic carbocycles. The van der Waals surface area contributed by atoms with E-state index in [0.717, 1.165) is 4.47 Å². The number of halogens is 1. The summed E-state index contributed by atoms with van der Waals surface area (Å²) in [5.41, 5.74) is -0.0673. The summed E-state index contributed by atoms with van der Waals surface area (Å²) in [6, 6.07) is 1.73. The molecule has 7 nitrogen and oxygen atoms in total. The minimum atomic E-state index is -0.509. The maximum absolute atomic E-state index is 12.1. The Morgan fingerprint density at radius 2 is 2.08 bits per heavy atom. The Balaban J connectivity index is 1.84. The minimum absolute atomic E-state index is 0.102. The number of hydrogen-bond acceptors (Lipinski definition) is 5. The van der Waals surface area contributed by atoms with Crippen molar-refractivity contribution in [2.75, 3.05) is 13.1 Å². The third-order valence-corrected chi connectivity index (χ3v) is 3.69. The summed E-state index contributed by atoms with van der Waals surface area (Å²) in [4.78, 5) is 23.6. The highest BCUT2D eigenvalue weighted by atomic mass is 79.9. The van der Waals surface area contributed by atoms with Gasteiger partial charge in [-0.05, 0) is 42.8 Å². The molecule has 2 aromatic heterocycles. The largest absolute Gasteiger partial charge is 0.458 e. The van der Waals surface area contributed by atoms with Crippen LogP contribution >= 0.6 is 15.9 Å². The summed E-state index contributed by atoms with van der Waals surface area (Å²) < 4.78 is 13.1. The monoisotopic (exact) mass is 399 g/mol. The average molecular weight is 400 g/mol. The first-order valence-electron chi connectivity index (χ1n) is 7.62. The molecule has 0 atom stereocenters. The fraction of sp³-hybridized carbons (Fsp3) is 0.500. The summed E-state index contributed by atoms with van der Waals surface area (Å²) in [6.07, 6.45) is 1.23. The van der Waals surface area contributed by atoms with Gasteiger partial charge < -0.3 is 24.4 Å². The molecule has 1 amide bonds. The van der Waals surface area contributed by atoms with Crippen molar-refractivity contribution in [1.82, 2.24) is 15.2 Å². The van der Waals surface area contributed by atoms with Gasteiger partial charge in [0.15, 0.2) is 5.58 Å². The molecular weight excluding hydrogens is 378 g/mol. The Labute approximate surface area is 148 Å². The van der Waals surface area contributed by atoms with E-state index in [9.17, 15) is 9.59 Å². The molecule has 2 rings (SSSR count). The number of aromatic nitrogens is 1. The predicted molar refractivity (Wildman–Crippen MR) is 95.1 cm³/mol. The van der Waals surface area contributed by atoms with Crippen LogP contribution in [0.5, 0.6) is 0 Å². The van der Waals surface area contributed by atoms with Crippen LogP contribution in [0.15, 0.2) is 25.9 Å². The van der Waals surface area contributed by atoms with Crippen molar-refractivity contribution in [2.24, 2.45) is 7.05 Å². The smallest absolute Gasteiger partial charge is 0.407 e. The van der Waals surface area contributed by atoms with E-state index in [0.29, 0.717) is 36.4 Å². The average Bonchev–Trinajstić information content (AvgIpc) is 2.87. The topological polar surface area (TPSA) is 85.5 Å². The zero-order chi connectivity index (χ0) is 17.9. The lowest BCUT2D eigenvalue weighted by Crippen LogP contribution is -2.36. The fourth-order valence-electron chi connectivity index (χ4n) is 2.12. The first kappa shape index (κ1) is 18.5. The molecule has 0 fully saturated rings. The molecule has 0 unspecified atom stereocenters. The molecule has 0 aliphatic rings. The van der Waals surface area contributed by atoms with Gasteiger partial charge in [0, 0.05) is 26.3 Å². The number of carbonyl (C=O) groups is 1. The summed E-state index contributed by atoms with van der Waals surface area (Å²) in [5.74, 6) is 0.659. The van der Waals surface area contributed by atoms with Crippen LogP contribution in [-0.4, -0.2) is 29.4 Å². The van der Waals surface area contributed by atoms with Gasteiger partial charge in [-0.25, -0.2) is 4.79 Å². The van der Waals surface area contributed by atoms with Crippen molar-refractivity contribution in [3.8, 4) is 0 Å². The second-order valence-electron chi connectivity index (χ2n) is 6.45. The van der Waals surface area contributed by atoms with E-state index < -0.39 is 11.7 Å². The van der Waals surface area contributed by atoms with Crippen molar-refractivity contribution in [1.29, 1.82) is 0 Å². The van der Waals surface area contributed by atoms with E-state index in [1.165, 1.54) is 4.57 Å². The number of aryl methyl sites for hydroxylation is 1. The summed E-state index contributed by atoms with van der Waals surface area (Å²) in [5, 5.41) is 6.35. The first-order valence-corrected chi connectivity index (χ1v) is 8.42. The van der Waals surface area contributed by atoms with Crippen LogP contribution in [0.25, 0.3) is 11.0 Å². The molecule has 0 spiro atoms. The van der Waals surface area contributed by atoms with Gasteiger partial charge in [-0.2, -0.15) is 0 Å². The van der Waals surface area contributed by atoms with Crippen LogP contribution in [0.3, 0.4) is 0 Å². The quantitative estimate of drug-likeness (QED) is 0.754. The van der Waals surface area contributed by atoms with E-state index in [-0.39, 0.29) is 5.56 Å². The number of amides is 1. The van der Waals surface area contributed by atoms with E-state index >= 15 is 0 Å². The Kier molecular flexibility index (Phi) is 5.71. The van der Waals surface area contributed by atoms with Crippen molar-refractivity contribution in [3.05, 3.63) is 32.8 Å². The SMILES string of the molecule is Cn1cc(Br)c2oc(CNCCNC(=O)OC(C)(C)C)cc2c1=O. The number of rotatable bonds is 5. The van der Waals surface area contributed by atoms with Crippen LogP contribution < -0.4 is 16.2 Å². The van der Waals surface area contributed by atoms with Crippen LogP contribution in [0.2, 0.25) is 0 Å². The molecule has 132 valence electrons. The lowest BCUT2D eigenvalue weighted by Gasteiger charge is -2.19. The highest BCUT2D eigenvalue weighted by Gasteiger charge is 2.15. The highest BCUT2D eigenvalue weighted by molar-refractivity contribution is 9.10. The Hall–Kier alpha value is -1.80. The molecular formula is C16H22BrN3O4. The molecule has 0 saturated heterocycles. The molecule has 0 bridgehead atoms. The van der Waals surface area contributed by atoms with Gasteiger partial charge in [0.1, 0.15) is 11.4 Å². The maximum atomic E-state index is 12.1. The summed E-state index contributed by atoms with van der Waals surface area (Å²) in [7, 11) is 1.69. The summed E-state index contributed by atoms with van der Waals surface area (Å²) in [6.45, 7) is 6.88. The molecule has 0 radical (unpaired) electrons. The van der Waals surface area contributed by atoms with Crippen molar-refractivity contribution < 1.29 is 13.9 Å². The molecule has 0 aliphatic heterocycles. The molecule has 24 heavy (non-hydrogen) atoms. The van der Waals surface area contributed by atoms with E-state index in [4.69, 9.17) is 9.15 Å². The number of alkyl carbamates (subject to hydrolysis) is 1. The molecule has 2 heterocycles. The normalized spacial score (nSPS) is 11.7. The summed E-state index contributed by atoms with van der Waals surface area (Å²) >= 11 is 3.39. The molecule has 0 saturated carbocycles. The van der Waals surface area contributed by atoms with E-state index in [2.05, 4.69) is 26.6 Å². The van der Waals surface area contributed by atoms with E-state index in [1.807, 2.05) is 20.8 Å². The molecule has 2 aromatic rings. The van der Waals surface area contributed by atoms with Crippen LogP contribution in [-0.2, 0) is 18.3 Å². The minimum Gasteiger partial charge on any atom is -0.458 e. The van der Waals surface area contributed by atoms with Gasteiger partial charge in [-0.1, -0.05) is 0 Å². The Morgan fingerprint density at radius 3 is 2.75 bits per heavy atom. The van der Waals surface area contributed by atoms with Crippen molar-refractivity contribution >= 4 is 33.0 Å². The number of carbonyl (C=O) groups excluding carboxylic acids is 1. The van der Waals surface area contributed by atoms with Gasteiger partial charge in [0.2, 0.25) is 0 Å². The highest BCUT2D eigenvalue weighted by Crippen LogP contribution is 2.24. The number of pyridine rings is 1. The standard InChI is InChI=1S/C16H22BrN3O4/c1-16(2,3)24-15(22)19-6-5-18-8-10-7-11-13(23-10)12(17)9-20(4)14(11)21/h7,9,18H,5-6,8H2,1-4H3,(H,19,22). The fourth-order valence-corrected chi connectivity index (χ4v) is 2.72. The number of nitrogens with one attached hydrogen (secondary N) is 2. The molecule has 2 N–H and O–H groups in total. The number of fused-ring (bicyclic) bond motifs is 1. The van der Waals surface area contributed by atoms with Gasteiger partial charge in [-0.15, -0.1) is 0 Å². The van der Waals surface area contributed by atoms with Gasteiger partial charge in [0.05, 0.1) is 16.4 Å². The maximum Gasteiger partial charge on any atom is 0.407 e. The van der Waals surface area contributed by atoms with Crippen molar-refractivity contribution in [2.45, 2.75) is 32.9 Å². The Morgan fingerprint density at radius 1 is 1.38 bits per heavy atom. The lowest BCUT2D eigenvalue weighted by atomic mass is 10.2. The zero-order valence-electron chi connectivity index (χ0n) is 14.2. The first-order chi connectivity index (χ1) is 11.2. The van der Waals surface area contributed by atoms with Crippen molar-refractivity contribution in [3.63, 3.8) is 0 Å². The second-order valence-corrected chi connectivity index (χ2v) is 7.31. The Bertz CT molecular complexity index is 789. The molecule has 0 aliphatic carbocycles. The number of hydrogen-bond donors (Lipinski definition) is 2. The van der Waals surface area contributed by atoms with Crippen LogP contribution in [0.1, 0.15) is 26.5 Å². The van der Waals surface area contributed by atoms with E-state index in [1.54, 1.807) is 19.3 Å². The number of ether oxygens (including phenoxy) is 1. The number of furan rings is 1.